The molecule has 6 heteroatoms. The summed E-state index contributed by atoms with van der Waals surface area (Å²) in [7, 11) is 1.59. The predicted octanol–water partition coefficient (Wildman–Crippen LogP) is 1.07. The van der Waals surface area contributed by atoms with E-state index >= 15 is 0 Å². The van der Waals surface area contributed by atoms with Crippen LogP contribution in [0.2, 0.25) is 0 Å². The van der Waals surface area contributed by atoms with Crippen molar-refractivity contribution in [2.24, 2.45) is 0 Å². The van der Waals surface area contributed by atoms with Crippen LogP contribution in [-0.4, -0.2) is 52.8 Å². The minimum absolute atomic E-state index is 0.172. The molecule has 0 saturated heterocycles. The maximum atomic E-state index is 12.4. The Morgan fingerprint density at radius 2 is 2.16 bits per heavy atom. The van der Waals surface area contributed by atoms with Crippen LogP contribution in [0.5, 0.6) is 0 Å². The number of carbonyl (C=O) groups excluding carboxylic acids is 1. The fourth-order valence-electron chi connectivity index (χ4n) is 1.77. The molecule has 0 fully saturated rings. The van der Waals surface area contributed by atoms with Crippen LogP contribution in [0, 0.1) is 0 Å². The molecule has 0 spiro atoms. The lowest BCUT2D eigenvalue weighted by Crippen LogP contribution is -2.41. The van der Waals surface area contributed by atoms with Crippen LogP contribution in [0.4, 0.5) is 0 Å². The summed E-state index contributed by atoms with van der Waals surface area (Å²) in [5.74, 6) is -1.30. The Labute approximate surface area is 112 Å². The number of methoxy groups -OCH3 is 1. The monoisotopic (exact) mass is 268 g/mol. The van der Waals surface area contributed by atoms with Crippen LogP contribution >= 0.6 is 0 Å². The summed E-state index contributed by atoms with van der Waals surface area (Å²) < 4.78 is 6.75. The smallest absolute Gasteiger partial charge is 0.323 e. The molecule has 0 bridgehead atoms. The molecular weight excluding hydrogens is 248 g/mol. The number of amides is 1. The van der Waals surface area contributed by atoms with E-state index in [1.165, 1.54) is 4.90 Å². The molecule has 1 rings (SSSR count). The fourth-order valence-corrected chi connectivity index (χ4v) is 1.77. The van der Waals surface area contributed by atoms with Crippen LogP contribution in [-0.2, 0) is 16.1 Å². The van der Waals surface area contributed by atoms with E-state index in [9.17, 15) is 9.59 Å². The van der Waals surface area contributed by atoms with Gasteiger partial charge in [-0.3, -0.25) is 9.59 Å². The molecule has 0 aliphatic carbocycles. The van der Waals surface area contributed by atoms with Crippen molar-refractivity contribution in [3.63, 3.8) is 0 Å². The van der Waals surface area contributed by atoms with Crippen molar-refractivity contribution in [1.82, 2.24) is 9.47 Å². The summed E-state index contributed by atoms with van der Waals surface area (Å²) in [6.07, 6.45) is 1.78. The maximum absolute atomic E-state index is 12.4. The first kappa shape index (κ1) is 15.2. The Morgan fingerprint density at radius 3 is 2.68 bits per heavy atom. The lowest BCUT2D eigenvalue weighted by molar-refractivity contribution is -0.138. The van der Waals surface area contributed by atoms with E-state index in [1.54, 1.807) is 43.9 Å². The van der Waals surface area contributed by atoms with Crippen molar-refractivity contribution in [3.8, 4) is 0 Å². The molecule has 0 aliphatic rings. The third-order valence-corrected chi connectivity index (χ3v) is 2.77. The number of hydrogen-bond donors (Lipinski definition) is 1. The number of nitrogens with zero attached hydrogens (tertiary/aromatic N) is 2. The van der Waals surface area contributed by atoms with Crippen LogP contribution in [0.3, 0.4) is 0 Å². The summed E-state index contributed by atoms with van der Waals surface area (Å²) in [5, 5.41) is 8.87. The number of ether oxygens (including phenoxy) is 1. The number of aliphatic carboxylic acids is 1. The Kier molecular flexibility index (Phi) is 5.57. The number of aromatic nitrogens is 1. The molecule has 1 amide bonds. The van der Waals surface area contributed by atoms with E-state index in [1.807, 2.05) is 0 Å². The summed E-state index contributed by atoms with van der Waals surface area (Å²) in [5.41, 5.74) is 0.479. The second-order valence-electron chi connectivity index (χ2n) is 4.50. The summed E-state index contributed by atoms with van der Waals surface area (Å²) in [6.45, 7) is 4.34. The van der Waals surface area contributed by atoms with Gasteiger partial charge < -0.3 is 19.3 Å². The van der Waals surface area contributed by atoms with Crippen molar-refractivity contribution in [2.45, 2.75) is 26.4 Å². The topological polar surface area (TPSA) is 71.8 Å². The summed E-state index contributed by atoms with van der Waals surface area (Å²) in [6, 6.07) is 3.28. The van der Waals surface area contributed by atoms with Gasteiger partial charge in [0, 0.05) is 25.9 Å². The van der Waals surface area contributed by atoms with E-state index in [0.29, 0.717) is 18.8 Å². The molecule has 0 aliphatic heterocycles. The number of rotatable bonds is 7. The molecule has 1 aromatic rings. The first-order chi connectivity index (χ1) is 8.97. The first-order valence-corrected chi connectivity index (χ1v) is 6.14. The highest BCUT2D eigenvalue weighted by atomic mass is 16.5. The second kappa shape index (κ2) is 6.94. The Morgan fingerprint density at radius 1 is 1.47 bits per heavy atom. The largest absolute Gasteiger partial charge is 0.480 e. The predicted molar refractivity (Wildman–Crippen MR) is 70.1 cm³/mol. The third-order valence-electron chi connectivity index (χ3n) is 2.77. The van der Waals surface area contributed by atoms with E-state index < -0.39 is 5.97 Å². The minimum atomic E-state index is -1.02. The van der Waals surface area contributed by atoms with Gasteiger partial charge in [0.2, 0.25) is 0 Å². The van der Waals surface area contributed by atoms with E-state index in [-0.39, 0.29) is 18.5 Å². The molecule has 106 valence electrons. The Bertz CT molecular complexity index is 440. The van der Waals surface area contributed by atoms with Crippen molar-refractivity contribution in [1.29, 1.82) is 0 Å². The molecule has 19 heavy (non-hydrogen) atoms. The van der Waals surface area contributed by atoms with E-state index in [4.69, 9.17) is 9.84 Å². The van der Waals surface area contributed by atoms with Gasteiger partial charge in [0.15, 0.2) is 0 Å². The van der Waals surface area contributed by atoms with Crippen molar-refractivity contribution in [2.75, 3.05) is 20.3 Å². The third kappa shape index (κ3) is 4.10. The molecule has 0 unspecified atom stereocenters. The van der Waals surface area contributed by atoms with E-state index in [2.05, 4.69) is 0 Å². The maximum Gasteiger partial charge on any atom is 0.323 e. The Hall–Kier alpha value is -1.82. The molecule has 0 atom stereocenters. The van der Waals surface area contributed by atoms with Crippen LogP contribution in [0.15, 0.2) is 18.3 Å². The minimum Gasteiger partial charge on any atom is -0.480 e. The molecule has 0 radical (unpaired) electrons. The molecule has 1 N–H and O–H groups in total. The average Bonchev–Trinajstić information content (AvgIpc) is 2.80. The highest BCUT2D eigenvalue weighted by Gasteiger charge is 2.23. The standard InChI is InChI=1S/C13H20N2O4/c1-10(2)15(9-12(16)17)13(18)11-5-4-6-14(11)7-8-19-3/h4-6,10H,7-9H2,1-3H3,(H,16,17). The van der Waals surface area contributed by atoms with Crippen LogP contribution in [0.25, 0.3) is 0 Å². The molecule has 0 aromatic carbocycles. The van der Waals surface area contributed by atoms with Gasteiger partial charge in [-0.2, -0.15) is 0 Å². The number of carboxylic acids is 1. The van der Waals surface area contributed by atoms with Gasteiger partial charge in [-0.05, 0) is 26.0 Å². The first-order valence-electron chi connectivity index (χ1n) is 6.14. The fraction of sp³-hybridized carbons (Fsp3) is 0.538. The highest BCUT2D eigenvalue weighted by Crippen LogP contribution is 2.10. The highest BCUT2D eigenvalue weighted by molar-refractivity contribution is 5.94. The molecular formula is C13H20N2O4. The molecule has 1 heterocycles. The Balaban J connectivity index is 2.90. The van der Waals surface area contributed by atoms with Gasteiger partial charge in [0.1, 0.15) is 12.2 Å². The number of carboxylic acid groups (broad SMARTS) is 1. The van der Waals surface area contributed by atoms with Crippen LogP contribution < -0.4 is 0 Å². The average molecular weight is 268 g/mol. The van der Waals surface area contributed by atoms with Crippen molar-refractivity contribution < 1.29 is 19.4 Å². The SMILES string of the molecule is COCCn1cccc1C(=O)N(CC(=O)O)C(C)C. The summed E-state index contributed by atoms with van der Waals surface area (Å²) in [4.78, 5) is 24.5. The summed E-state index contributed by atoms with van der Waals surface area (Å²) >= 11 is 0. The zero-order chi connectivity index (χ0) is 14.4. The zero-order valence-electron chi connectivity index (χ0n) is 11.5. The zero-order valence-corrected chi connectivity index (χ0v) is 11.5. The van der Waals surface area contributed by atoms with Gasteiger partial charge in [0.05, 0.1) is 6.61 Å². The molecule has 0 saturated carbocycles. The van der Waals surface area contributed by atoms with Gasteiger partial charge in [-0.15, -0.1) is 0 Å². The lowest BCUT2D eigenvalue weighted by Gasteiger charge is -2.25. The lowest BCUT2D eigenvalue weighted by atomic mass is 10.2. The second-order valence-corrected chi connectivity index (χ2v) is 4.50. The van der Waals surface area contributed by atoms with Crippen molar-refractivity contribution in [3.05, 3.63) is 24.0 Å². The normalized spacial score (nSPS) is 10.7. The number of carbonyl (C=O) groups is 2. The molecule has 6 nitrogen and oxygen atoms in total. The molecule has 1 aromatic heterocycles. The van der Waals surface area contributed by atoms with Gasteiger partial charge in [-0.1, -0.05) is 0 Å². The number of hydrogen-bond acceptors (Lipinski definition) is 3. The van der Waals surface area contributed by atoms with Crippen LogP contribution in [0.1, 0.15) is 24.3 Å². The van der Waals surface area contributed by atoms with Crippen molar-refractivity contribution >= 4 is 11.9 Å². The van der Waals surface area contributed by atoms with E-state index in [0.717, 1.165) is 0 Å². The van der Waals surface area contributed by atoms with Gasteiger partial charge >= 0.3 is 5.97 Å². The van der Waals surface area contributed by atoms with Gasteiger partial charge in [0.25, 0.3) is 5.91 Å². The van der Waals surface area contributed by atoms with Gasteiger partial charge in [-0.25, -0.2) is 0 Å². The quantitative estimate of drug-likeness (QED) is 0.803.